The molecule has 2 aliphatic carbocycles. The molecule has 0 amide bonds. The molecule has 0 bridgehead atoms. The number of rotatable bonds is 6. The summed E-state index contributed by atoms with van der Waals surface area (Å²) in [5.74, 6) is 0. The van der Waals surface area contributed by atoms with Crippen molar-refractivity contribution in [2.45, 2.75) is 217 Å². The van der Waals surface area contributed by atoms with Crippen LogP contribution in [-0.2, 0) is 43.3 Å². The molecule has 0 atom stereocenters. The van der Waals surface area contributed by atoms with Gasteiger partial charge in [0.15, 0.2) is 0 Å². The Balaban J connectivity index is 1.65. The van der Waals surface area contributed by atoms with Crippen molar-refractivity contribution in [1.29, 1.82) is 0 Å². The molecule has 0 nitrogen and oxygen atoms in total. The third-order valence-corrected chi connectivity index (χ3v) is 41.3. The molecule has 4 aromatic rings. The van der Waals surface area contributed by atoms with Gasteiger partial charge in [-0.15, -0.1) is 0 Å². The third-order valence-electron chi connectivity index (χ3n) is 14.4. The zero-order valence-corrected chi connectivity index (χ0v) is 54.2. The molecule has 0 saturated heterocycles. The van der Waals surface area contributed by atoms with Crippen LogP contribution in [0.5, 0.6) is 0 Å². The molecule has 0 heterocycles. The summed E-state index contributed by atoms with van der Waals surface area (Å²) in [6.07, 6.45) is 10.3. The van der Waals surface area contributed by atoms with Crippen LogP contribution in [0.15, 0.2) is 97.1 Å². The average Bonchev–Trinajstić information content (AvgIpc) is 3.81. The van der Waals surface area contributed by atoms with E-state index in [-0.39, 0.29) is 43.3 Å². The zero-order valence-electron chi connectivity index (χ0n) is 47.3. The van der Waals surface area contributed by atoms with E-state index in [4.69, 9.17) is 0 Å². The minimum atomic E-state index is -1.23. The first kappa shape index (κ1) is 54.9. The SMILES string of the molecule is CC(C)(C)c1cc(C2=CC=C(c3cc(C(C)(C)C)cc(C(C)(C)C)c3)[CH]2[Bi]=[Bi][CH]2C(c3cc(C(C)(C)C)cc(C(C)(C)C)c3)=CC=C2c2cc(C(C)(C)C)cc(C(C)(C)C)c2)cc(C(C)(C)C)c1. The predicted octanol–water partition coefficient (Wildman–Crippen LogP) is 18.6. The van der Waals surface area contributed by atoms with Crippen LogP contribution in [0.25, 0.3) is 22.3 Å². The maximum atomic E-state index is 2.58. The molecule has 364 valence electrons. The van der Waals surface area contributed by atoms with E-state index in [1.807, 2.05) is 0 Å². The standard InChI is InChI=1S/2C33H45.2Bi/c2*1-30(2,3)26-16-24(17-27(20-26)31(4,5)6)22-13-14-23(15-22)25-18-28(32(7,8)9)21-29(19-25)33(10,11)12;;/h2*13-21H,1-12H3;;. The van der Waals surface area contributed by atoms with Gasteiger partial charge in [0, 0.05) is 0 Å². The van der Waals surface area contributed by atoms with Gasteiger partial charge in [0.1, 0.15) is 0 Å². The van der Waals surface area contributed by atoms with Crippen molar-refractivity contribution in [3.05, 3.63) is 164 Å². The normalized spacial score (nSPS) is 16.4. The molecule has 0 spiro atoms. The van der Waals surface area contributed by atoms with Gasteiger partial charge in [-0.25, -0.2) is 0 Å². The van der Waals surface area contributed by atoms with Crippen LogP contribution in [0, 0.1) is 0 Å². The fourth-order valence-electron chi connectivity index (χ4n) is 9.10. The van der Waals surface area contributed by atoms with E-state index in [2.05, 4.69) is 263 Å². The summed E-state index contributed by atoms with van der Waals surface area (Å²) in [6.45, 7) is 57.4. The Bertz CT molecular complexity index is 2210. The topological polar surface area (TPSA) is 0 Å². The van der Waals surface area contributed by atoms with Gasteiger partial charge in [-0.3, -0.25) is 0 Å². The molecule has 0 radical (unpaired) electrons. The van der Waals surface area contributed by atoms with Crippen LogP contribution in [0.1, 0.15) is 233 Å². The molecular weight excluding hydrogens is 1210 g/mol. The van der Waals surface area contributed by atoms with Crippen molar-refractivity contribution >= 4 is 57.8 Å². The van der Waals surface area contributed by atoms with Crippen LogP contribution in [0.3, 0.4) is 0 Å². The van der Waals surface area contributed by atoms with E-state index >= 15 is 0 Å². The van der Waals surface area contributed by atoms with Gasteiger partial charge in [-0.05, 0) is 0 Å². The fourth-order valence-corrected chi connectivity index (χ4v) is 41.8. The molecule has 2 aliphatic rings. The first-order valence-corrected chi connectivity index (χ1v) is 44.8. The monoisotopic (exact) mass is 1300 g/mol. The van der Waals surface area contributed by atoms with E-state index in [9.17, 15) is 0 Å². The Hall–Kier alpha value is -2.39. The summed E-state index contributed by atoms with van der Waals surface area (Å²) in [6, 6.07) is 30.6. The van der Waals surface area contributed by atoms with Crippen LogP contribution >= 0.6 is 0 Å². The molecule has 6 rings (SSSR count). The van der Waals surface area contributed by atoms with E-state index in [1.165, 1.54) is 66.8 Å². The van der Waals surface area contributed by atoms with Crippen molar-refractivity contribution in [2.24, 2.45) is 0 Å². The molecule has 0 aromatic heterocycles. The molecule has 0 aliphatic heterocycles. The predicted molar refractivity (Wildman–Crippen MR) is 306 cm³/mol. The van der Waals surface area contributed by atoms with E-state index in [0.29, 0.717) is 7.25 Å². The van der Waals surface area contributed by atoms with Crippen molar-refractivity contribution in [3.8, 4) is 0 Å². The second-order valence-electron chi connectivity index (χ2n) is 28.7. The van der Waals surface area contributed by atoms with E-state index in [1.54, 1.807) is 22.3 Å². The summed E-state index contributed by atoms with van der Waals surface area (Å²) >= 11 is -2.47. The summed E-state index contributed by atoms with van der Waals surface area (Å²) in [5, 5.41) is 0. The second kappa shape index (κ2) is 18.9. The van der Waals surface area contributed by atoms with Gasteiger partial charge >= 0.3 is 438 Å². The average molecular weight is 1300 g/mol. The Kier molecular flexibility index (Phi) is 15.3. The number of allylic oxidation sites excluding steroid dienone is 8. The first-order chi connectivity index (χ1) is 30.7. The molecular formula is C66H90Bi2. The van der Waals surface area contributed by atoms with E-state index in [0.717, 1.165) is 0 Å². The maximum absolute atomic E-state index is 2.58. The van der Waals surface area contributed by atoms with Crippen molar-refractivity contribution in [3.63, 3.8) is 0 Å². The van der Waals surface area contributed by atoms with Crippen LogP contribution < -0.4 is 0 Å². The number of benzene rings is 4. The fraction of sp³-hybridized carbons (Fsp3) is 0.515. The Morgan fingerprint density at radius 1 is 0.221 bits per heavy atom. The van der Waals surface area contributed by atoms with Gasteiger partial charge < -0.3 is 0 Å². The van der Waals surface area contributed by atoms with Gasteiger partial charge in [0.2, 0.25) is 0 Å². The van der Waals surface area contributed by atoms with Crippen molar-refractivity contribution < 1.29 is 0 Å². The molecule has 0 unspecified atom stereocenters. The van der Waals surface area contributed by atoms with Gasteiger partial charge in [0.05, 0.1) is 0 Å². The first-order valence-electron chi connectivity index (χ1n) is 25.6. The summed E-state index contributed by atoms with van der Waals surface area (Å²) in [4.78, 5) is 0. The summed E-state index contributed by atoms with van der Waals surface area (Å²) in [5.41, 5.74) is 24.1. The molecule has 68 heavy (non-hydrogen) atoms. The summed E-state index contributed by atoms with van der Waals surface area (Å²) < 4.78 is 0.968. The van der Waals surface area contributed by atoms with Crippen LogP contribution in [-0.4, -0.2) is 35.6 Å². The van der Waals surface area contributed by atoms with Crippen LogP contribution in [0.4, 0.5) is 0 Å². The minimum absolute atomic E-state index is 0.0477. The molecule has 0 saturated carbocycles. The quantitative estimate of drug-likeness (QED) is 0.169. The number of hydrogen-bond acceptors (Lipinski definition) is 0. The Labute approximate surface area is 434 Å². The van der Waals surface area contributed by atoms with Crippen molar-refractivity contribution in [2.75, 3.05) is 0 Å². The number of hydrogen-bond donors (Lipinski definition) is 0. The summed E-state index contributed by atoms with van der Waals surface area (Å²) in [7, 11) is 0. The zero-order chi connectivity index (χ0) is 51.1. The third kappa shape index (κ3) is 12.6. The van der Waals surface area contributed by atoms with Crippen molar-refractivity contribution in [1.82, 2.24) is 0 Å². The molecule has 0 N–H and O–H groups in total. The Morgan fingerprint density at radius 2 is 0.353 bits per heavy atom. The van der Waals surface area contributed by atoms with Crippen LogP contribution in [0.2, 0.25) is 7.25 Å². The van der Waals surface area contributed by atoms with Gasteiger partial charge in [-0.2, -0.15) is 0 Å². The second-order valence-corrected chi connectivity index (χ2v) is 50.3. The Morgan fingerprint density at radius 3 is 0.471 bits per heavy atom. The molecule has 2 heteroatoms. The van der Waals surface area contributed by atoms with E-state index < -0.39 is 35.6 Å². The molecule has 4 aromatic carbocycles. The van der Waals surface area contributed by atoms with Gasteiger partial charge in [0.25, 0.3) is 0 Å². The molecule has 0 fully saturated rings. The van der Waals surface area contributed by atoms with Gasteiger partial charge in [-0.1, -0.05) is 0 Å².